The molecule has 0 bridgehead atoms. The second-order valence-corrected chi connectivity index (χ2v) is 17.6. The number of benzene rings is 3. The van der Waals surface area contributed by atoms with Crippen molar-refractivity contribution in [3.63, 3.8) is 0 Å². The van der Waals surface area contributed by atoms with Gasteiger partial charge < -0.3 is 40.4 Å². The molecule has 5 heterocycles. The van der Waals surface area contributed by atoms with Crippen molar-refractivity contribution in [2.75, 3.05) is 74.7 Å². The lowest BCUT2D eigenvalue weighted by atomic mass is 10.0. The SMILES string of the molecule is C=C(Cn1c(CNc2nc(N3CCN(C)CC3)nc3c(Br)cnn23)nc2c(F)c(F)ccc21)C(=O)N(C)CCOc1c(N)ncnc1-c1cc(F)cc(NC(=O)c2ccc(C3CC3)cc2F)c1C. The van der Waals surface area contributed by atoms with Gasteiger partial charge in [0, 0.05) is 50.1 Å². The molecule has 7 aromatic rings. The number of nitrogens with two attached hydrogens (primary N) is 1. The summed E-state index contributed by atoms with van der Waals surface area (Å²) >= 11 is 3.52. The summed E-state index contributed by atoms with van der Waals surface area (Å²) in [5.41, 5.74) is 8.30. The van der Waals surface area contributed by atoms with Crippen molar-refractivity contribution < 1.29 is 31.9 Å². The predicted octanol–water partition coefficient (Wildman–Crippen LogP) is 6.73. The number of likely N-dealkylation sites (N-methyl/N-ethyl adjacent to an activating group) is 2. The molecule has 352 valence electrons. The van der Waals surface area contributed by atoms with Gasteiger partial charge in [-0.15, -0.1) is 0 Å². The average Bonchev–Trinajstić information content (AvgIpc) is 4.03. The molecule has 2 aliphatic rings. The lowest BCUT2D eigenvalue weighted by Crippen LogP contribution is -2.45. The Hall–Kier alpha value is -7.20. The molecule has 0 radical (unpaired) electrons. The van der Waals surface area contributed by atoms with Crippen LogP contribution >= 0.6 is 15.9 Å². The number of nitrogens with zero attached hydrogens (tertiary/aromatic N) is 11. The number of rotatable bonds is 15. The molecule has 0 unspecified atom stereocenters. The zero-order valence-electron chi connectivity index (χ0n) is 37.2. The zero-order chi connectivity index (χ0) is 48.0. The highest BCUT2D eigenvalue weighted by Crippen LogP contribution is 2.41. The molecule has 4 aromatic heterocycles. The Labute approximate surface area is 395 Å². The molecule has 9 rings (SSSR count). The van der Waals surface area contributed by atoms with E-state index in [0.717, 1.165) is 43.6 Å². The van der Waals surface area contributed by atoms with Crippen LogP contribution in [0.3, 0.4) is 0 Å². The van der Waals surface area contributed by atoms with Crippen LogP contribution in [0.1, 0.15) is 46.1 Å². The molecule has 0 spiro atoms. The highest BCUT2D eigenvalue weighted by Gasteiger charge is 2.27. The van der Waals surface area contributed by atoms with Gasteiger partial charge in [-0.1, -0.05) is 12.6 Å². The summed E-state index contributed by atoms with van der Waals surface area (Å²) < 4.78 is 69.8. The van der Waals surface area contributed by atoms with Crippen LogP contribution in [-0.2, 0) is 17.9 Å². The second kappa shape index (κ2) is 18.8. The van der Waals surface area contributed by atoms with Crippen LogP contribution in [0, 0.1) is 30.2 Å². The third-order valence-electron chi connectivity index (χ3n) is 12.1. The van der Waals surface area contributed by atoms with Crippen LogP contribution in [0.25, 0.3) is 27.9 Å². The first-order valence-corrected chi connectivity index (χ1v) is 22.4. The molecule has 1 aliphatic carbocycles. The van der Waals surface area contributed by atoms with Crippen LogP contribution in [-0.4, -0.2) is 114 Å². The molecule has 1 aliphatic heterocycles. The van der Waals surface area contributed by atoms with Gasteiger partial charge in [-0.05, 0) is 96.2 Å². The molecule has 2 fully saturated rings. The molecule has 0 atom stereocenters. The van der Waals surface area contributed by atoms with Crippen molar-refractivity contribution in [2.45, 2.75) is 38.8 Å². The summed E-state index contributed by atoms with van der Waals surface area (Å²) in [5.74, 6) is -3.59. The van der Waals surface area contributed by atoms with Gasteiger partial charge >= 0.3 is 0 Å². The zero-order valence-corrected chi connectivity index (χ0v) is 38.7. The minimum Gasteiger partial charge on any atom is -0.486 e. The van der Waals surface area contributed by atoms with Gasteiger partial charge in [-0.25, -0.2) is 32.5 Å². The first-order chi connectivity index (χ1) is 32.6. The van der Waals surface area contributed by atoms with Crippen LogP contribution in [0.2, 0.25) is 0 Å². The fourth-order valence-corrected chi connectivity index (χ4v) is 8.37. The van der Waals surface area contributed by atoms with E-state index in [1.54, 1.807) is 23.8 Å². The van der Waals surface area contributed by atoms with Crippen molar-refractivity contribution in [3.8, 4) is 17.0 Å². The Morgan fingerprint density at radius 1 is 1.00 bits per heavy atom. The fraction of sp³-hybridized carbons (Fsp3) is 0.304. The van der Waals surface area contributed by atoms with Gasteiger partial charge in [0.2, 0.25) is 11.9 Å². The molecule has 68 heavy (non-hydrogen) atoms. The highest BCUT2D eigenvalue weighted by molar-refractivity contribution is 9.10. The number of carbonyl (C=O) groups excluding carboxylic acids is 2. The van der Waals surface area contributed by atoms with Gasteiger partial charge in [0.05, 0.1) is 41.4 Å². The topological polar surface area (TPSA) is 190 Å². The predicted molar refractivity (Wildman–Crippen MR) is 250 cm³/mol. The van der Waals surface area contributed by atoms with Gasteiger partial charge in [-0.2, -0.15) is 19.6 Å². The van der Waals surface area contributed by atoms with Crippen LogP contribution in [0.15, 0.2) is 71.6 Å². The molecule has 3 aromatic carbocycles. The van der Waals surface area contributed by atoms with E-state index in [0.29, 0.717) is 46.6 Å². The van der Waals surface area contributed by atoms with E-state index in [-0.39, 0.29) is 82.7 Å². The van der Waals surface area contributed by atoms with Crippen molar-refractivity contribution in [2.24, 2.45) is 0 Å². The fourth-order valence-electron chi connectivity index (χ4n) is 8.02. The average molecular weight is 998 g/mol. The Kier molecular flexibility index (Phi) is 12.7. The maximum atomic E-state index is 15.2. The normalized spacial score (nSPS) is 14.1. The summed E-state index contributed by atoms with van der Waals surface area (Å²) in [6.07, 6.45) is 4.72. The second-order valence-electron chi connectivity index (χ2n) is 16.8. The number of halogens is 5. The first kappa shape index (κ1) is 45.9. The number of amides is 2. The Morgan fingerprint density at radius 2 is 1.78 bits per heavy atom. The standard InChI is InChI=1S/C46H45BrF4N14O3/c1-24(22-64-35-10-9-32(49)37(51)39(35)58-36(64)21-53-45-60-46(63-13-11-61(3)12-14-63)59-42-31(47)20-56-65(42)45)44(67)62(4)15-16-68-40-38(54-23-55-41(40)52)30-18-28(48)19-34(25(30)2)57-43(66)29-8-7-27(17-33(29)50)26-5-6-26/h7-10,17-20,23,26H,1,5-6,11-16,21-22H2,2-4H3,(H,57,66)(H2,52,54,55)(H,53,59,60). The van der Waals surface area contributed by atoms with Crippen molar-refractivity contribution >= 4 is 67.8 Å². The smallest absolute Gasteiger partial charge is 0.258 e. The Bertz CT molecular complexity index is 3130. The number of hydrogen-bond donors (Lipinski definition) is 3. The van der Waals surface area contributed by atoms with Crippen molar-refractivity contribution in [1.29, 1.82) is 0 Å². The molecular formula is C46H45BrF4N14O3. The highest BCUT2D eigenvalue weighted by atomic mass is 79.9. The third kappa shape index (κ3) is 9.24. The Balaban J connectivity index is 0.893. The molecule has 22 heteroatoms. The summed E-state index contributed by atoms with van der Waals surface area (Å²) in [6, 6.07) is 9.19. The van der Waals surface area contributed by atoms with Gasteiger partial charge in [0.1, 0.15) is 41.6 Å². The lowest BCUT2D eigenvalue weighted by molar-refractivity contribution is -0.126. The number of piperazine rings is 1. The summed E-state index contributed by atoms with van der Waals surface area (Å²) in [5, 5.41) is 10.3. The largest absolute Gasteiger partial charge is 0.486 e. The monoisotopic (exact) mass is 996 g/mol. The number of fused-ring (bicyclic) bond motifs is 2. The van der Waals surface area contributed by atoms with Crippen molar-refractivity contribution in [3.05, 3.63) is 117 Å². The van der Waals surface area contributed by atoms with E-state index in [9.17, 15) is 14.0 Å². The molecule has 2 amide bonds. The number of nitrogens with one attached hydrogen (secondary N) is 2. The number of anilines is 4. The van der Waals surface area contributed by atoms with Gasteiger partial charge in [0.15, 0.2) is 28.8 Å². The molecule has 17 nitrogen and oxygen atoms in total. The maximum Gasteiger partial charge on any atom is 0.258 e. The quantitative estimate of drug-likeness (QED) is 0.0726. The Morgan fingerprint density at radius 3 is 2.53 bits per heavy atom. The number of imidazole rings is 1. The minimum absolute atomic E-state index is 0.00211. The van der Waals surface area contributed by atoms with E-state index in [1.807, 2.05) is 7.05 Å². The van der Waals surface area contributed by atoms with E-state index in [1.165, 1.54) is 47.1 Å². The third-order valence-corrected chi connectivity index (χ3v) is 12.6. The molecular weight excluding hydrogens is 952 g/mol. The van der Waals surface area contributed by atoms with Crippen molar-refractivity contribution in [1.82, 2.24) is 48.9 Å². The summed E-state index contributed by atoms with van der Waals surface area (Å²) in [4.78, 5) is 55.0. The number of ether oxygens (including phenoxy) is 1. The number of nitrogen functional groups attached to an aromatic ring is 1. The van der Waals surface area contributed by atoms with E-state index < -0.39 is 35.1 Å². The molecule has 1 saturated carbocycles. The van der Waals surface area contributed by atoms with E-state index >= 15 is 13.2 Å². The van der Waals surface area contributed by atoms with E-state index in [2.05, 4.69) is 63.0 Å². The minimum atomic E-state index is -1.14. The summed E-state index contributed by atoms with van der Waals surface area (Å²) in [6.45, 7) is 8.43. The molecule has 4 N–H and O–H groups in total. The van der Waals surface area contributed by atoms with Gasteiger partial charge in [0.25, 0.3) is 11.8 Å². The lowest BCUT2D eigenvalue weighted by Gasteiger charge is -2.32. The van der Waals surface area contributed by atoms with Crippen LogP contribution < -0.4 is 26.0 Å². The number of carbonyl (C=O) groups is 2. The van der Waals surface area contributed by atoms with Crippen LogP contribution in [0.4, 0.5) is 41.0 Å². The van der Waals surface area contributed by atoms with Crippen LogP contribution in [0.5, 0.6) is 5.75 Å². The number of hydrogen-bond acceptors (Lipinski definition) is 13. The van der Waals surface area contributed by atoms with E-state index in [4.69, 9.17) is 20.4 Å². The van der Waals surface area contributed by atoms with Gasteiger partial charge in [-0.3, -0.25) is 9.59 Å². The molecule has 1 saturated heterocycles. The maximum absolute atomic E-state index is 15.2. The summed E-state index contributed by atoms with van der Waals surface area (Å²) in [7, 11) is 3.58. The number of aromatic nitrogens is 8. The first-order valence-electron chi connectivity index (χ1n) is 21.6.